The van der Waals surface area contributed by atoms with Crippen molar-refractivity contribution in [1.29, 1.82) is 0 Å². The fourth-order valence-corrected chi connectivity index (χ4v) is 2.45. The minimum atomic E-state index is -0.580. The summed E-state index contributed by atoms with van der Waals surface area (Å²) < 4.78 is 32.5. The summed E-state index contributed by atoms with van der Waals surface area (Å²) in [6.07, 6.45) is 0.520. The largest absolute Gasteiger partial charge is 0.496 e. The quantitative estimate of drug-likeness (QED) is 0.913. The second-order valence-electron chi connectivity index (χ2n) is 4.82. The molecule has 2 nitrogen and oxygen atoms in total. The van der Waals surface area contributed by atoms with E-state index in [9.17, 15) is 8.78 Å². The Morgan fingerprint density at radius 1 is 1.14 bits per heavy atom. The fraction of sp³-hybridized carbons (Fsp3) is 0.250. The Hall–Kier alpha value is -1.65. The second-order valence-corrected chi connectivity index (χ2v) is 5.26. The first kappa shape index (κ1) is 15.7. The molecule has 1 atom stereocenters. The molecule has 2 rings (SSSR count). The van der Waals surface area contributed by atoms with Crippen LogP contribution in [0.3, 0.4) is 0 Å². The van der Waals surface area contributed by atoms with E-state index < -0.39 is 17.7 Å². The molecule has 21 heavy (non-hydrogen) atoms. The molecule has 2 N–H and O–H groups in total. The van der Waals surface area contributed by atoms with Crippen molar-refractivity contribution in [2.75, 3.05) is 7.11 Å². The average molecular weight is 312 g/mol. The molecule has 0 amide bonds. The van der Waals surface area contributed by atoms with Crippen molar-refractivity contribution in [2.45, 2.75) is 18.9 Å². The molecule has 0 fully saturated rings. The van der Waals surface area contributed by atoms with E-state index in [1.54, 1.807) is 25.3 Å². The van der Waals surface area contributed by atoms with Crippen LogP contribution in [-0.2, 0) is 12.8 Å². The Kier molecular flexibility index (Phi) is 5.15. The Morgan fingerprint density at radius 3 is 2.43 bits per heavy atom. The fourth-order valence-electron chi connectivity index (χ4n) is 2.25. The number of rotatable bonds is 5. The van der Waals surface area contributed by atoms with Gasteiger partial charge < -0.3 is 10.5 Å². The van der Waals surface area contributed by atoms with Gasteiger partial charge in [-0.05, 0) is 48.7 Å². The summed E-state index contributed by atoms with van der Waals surface area (Å²) in [7, 11) is 1.55. The monoisotopic (exact) mass is 311 g/mol. The van der Waals surface area contributed by atoms with Gasteiger partial charge in [0.2, 0.25) is 0 Å². The summed E-state index contributed by atoms with van der Waals surface area (Å²) in [5.41, 5.74) is 6.84. The molecule has 0 aliphatic carbocycles. The second kappa shape index (κ2) is 6.87. The van der Waals surface area contributed by atoms with Gasteiger partial charge in [0, 0.05) is 16.6 Å². The predicted octanol–water partition coefficient (Wildman–Crippen LogP) is 3.74. The predicted molar refractivity (Wildman–Crippen MR) is 79.7 cm³/mol. The van der Waals surface area contributed by atoms with Crippen LogP contribution in [0, 0.1) is 11.6 Å². The maximum Gasteiger partial charge on any atom is 0.129 e. The van der Waals surface area contributed by atoms with Crippen LogP contribution in [0.15, 0.2) is 36.4 Å². The molecule has 112 valence electrons. The SMILES string of the molecule is COc1ccc(Cl)cc1CC(N)Cc1c(F)cccc1F. The minimum absolute atomic E-state index is 0.00555. The first-order chi connectivity index (χ1) is 10.0. The van der Waals surface area contributed by atoms with Crippen LogP contribution >= 0.6 is 11.6 Å². The number of hydrogen-bond donors (Lipinski definition) is 1. The number of nitrogens with two attached hydrogens (primary N) is 1. The highest BCUT2D eigenvalue weighted by Crippen LogP contribution is 2.24. The third-order valence-electron chi connectivity index (χ3n) is 3.25. The van der Waals surface area contributed by atoms with Crippen LogP contribution < -0.4 is 10.5 Å². The Bertz CT molecular complexity index is 613. The lowest BCUT2D eigenvalue weighted by atomic mass is 9.98. The smallest absolute Gasteiger partial charge is 0.129 e. The summed E-state index contributed by atoms with van der Waals surface area (Å²) in [5.74, 6) is -0.504. The van der Waals surface area contributed by atoms with Gasteiger partial charge >= 0.3 is 0 Å². The van der Waals surface area contributed by atoms with Crippen molar-refractivity contribution in [2.24, 2.45) is 5.73 Å². The van der Waals surface area contributed by atoms with E-state index in [-0.39, 0.29) is 12.0 Å². The van der Waals surface area contributed by atoms with E-state index in [4.69, 9.17) is 22.1 Å². The molecule has 0 saturated carbocycles. The molecular weight excluding hydrogens is 296 g/mol. The van der Waals surface area contributed by atoms with Crippen molar-refractivity contribution in [1.82, 2.24) is 0 Å². The maximum absolute atomic E-state index is 13.6. The van der Waals surface area contributed by atoms with Gasteiger partial charge in [0.1, 0.15) is 17.4 Å². The summed E-state index contributed by atoms with van der Waals surface area (Å²) in [6, 6.07) is 8.55. The molecule has 0 bridgehead atoms. The molecule has 5 heteroatoms. The van der Waals surface area contributed by atoms with Gasteiger partial charge in [-0.2, -0.15) is 0 Å². The highest BCUT2D eigenvalue weighted by molar-refractivity contribution is 6.30. The molecule has 0 aliphatic rings. The standard InChI is InChI=1S/C16H16ClF2NO/c1-21-16-6-5-11(17)7-10(16)8-12(20)9-13-14(18)3-2-4-15(13)19/h2-7,12H,8-9,20H2,1H3. The Morgan fingerprint density at radius 2 is 1.81 bits per heavy atom. The van der Waals surface area contributed by atoms with E-state index in [0.29, 0.717) is 17.2 Å². The zero-order chi connectivity index (χ0) is 15.4. The molecule has 0 aliphatic heterocycles. The first-order valence-electron chi connectivity index (χ1n) is 6.52. The first-order valence-corrected chi connectivity index (χ1v) is 6.90. The molecule has 0 aromatic heterocycles. The van der Waals surface area contributed by atoms with Gasteiger partial charge in [0.05, 0.1) is 7.11 Å². The molecule has 2 aromatic carbocycles. The van der Waals surface area contributed by atoms with Crippen molar-refractivity contribution in [3.8, 4) is 5.75 Å². The highest BCUT2D eigenvalue weighted by atomic mass is 35.5. The van der Waals surface area contributed by atoms with E-state index >= 15 is 0 Å². The molecular formula is C16H16ClF2NO. The van der Waals surface area contributed by atoms with Crippen LogP contribution in [0.5, 0.6) is 5.75 Å². The van der Waals surface area contributed by atoms with Crippen molar-refractivity contribution < 1.29 is 13.5 Å². The van der Waals surface area contributed by atoms with Crippen LogP contribution in [0.2, 0.25) is 5.02 Å². The summed E-state index contributed by atoms with van der Waals surface area (Å²) in [4.78, 5) is 0. The lowest BCUT2D eigenvalue weighted by Crippen LogP contribution is -2.26. The van der Waals surface area contributed by atoms with Gasteiger partial charge in [-0.15, -0.1) is 0 Å². The zero-order valence-corrected chi connectivity index (χ0v) is 12.3. The number of hydrogen-bond acceptors (Lipinski definition) is 2. The molecule has 0 radical (unpaired) electrons. The van der Waals surface area contributed by atoms with Crippen LogP contribution in [0.25, 0.3) is 0 Å². The van der Waals surface area contributed by atoms with Crippen molar-refractivity contribution in [3.63, 3.8) is 0 Å². The number of benzene rings is 2. The van der Waals surface area contributed by atoms with Gasteiger partial charge in [-0.1, -0.05) is 17.7 Å². The Balaban J connectivity index is 2.15. The van der Waals surface area contributed by atoms with E-state index in [1.165, 1.54) is 18.2 Å². The van der Waals surface area contributed by atoms with Gasteiger partial charge in [0.15, 0.2) is 0 Å². The highest BCUT2D eigenvalue weighted by Gasteiger charge is 2.15. The molecule has 0 heterocycles. The normalized spacial score (nSPS) is 12.2. The summed E-state index contributed by atoms with van der Waals surface area (Å²) in [6.45, 7) is 0. The number of ether oxygens (including phenoxy) is 1. The van der Waals surface area contributed by atoms with Crippen molar-refractivity contribution >= 4 is 11.6 Å². The molecule has 0 saturated heterocycles. The molecule has 0 spiro atoms. The lowest BCUT2D eigenvalue weighted by molar-refractivity contribution is 0.407. The van der Waals surface area contributed by atoms with Crippen molar-refractivity contribution in [3.05, 3.63) is 64.2 Å². The summed E-state index contributed by atoms with van der Waals surface area (Å²) >= 11 is 5.95. The number of methoxy groups -OCH3 is 1. The zero-order valence-electron chi connectivity index (χ0n) is 11.6. The van der Waals surface area contributed by atoms with E-state index in [2.05, 4.69) is 0 Å². The van der Waals surface area contributed by atoms with E-state index in [1.807, 2.05) is 0 Å². The summed E-state index contributed by atoms with van der Waals surface area (Å²) in [5, 5.41) is 0.565. The minimum Gasteiger partial charge on any atom is -0.496 e. The maximum atomic E-state index is 13.6. The molecule has 2 aromatic rings. The van der Waals surface area contributed by atoms with Crippen LogP contribution in [0.1, 0.15) is 11.1 Å². The third kappa shape index (κ3) is 3.93. The number of halogens is 3. The average Bonchev–Trinajstić information content (AvgIpc) is 2.43. The van der Waals surface area contributed by atoms with Crippen LogP contribution in [0.4, 0.5) is 8.78 Å². The topological polar surface area (TPSA) is 35.2 Å². The van der Waals surface area contributed by atoms with Gasteiger partial charge in [-0.25, -0.2) is 8.78 Å². The third-order valence-corrected chi connectivity index (χ3v) is 3.49. The van der Waals surface area contributed by atoms with Gasteiger partial charge in [0.25, 0.3) is 0 Å². The molecule has 1 unspecified atom stereocenters. The van der Waals surface area contributed by atoms with E-state index in [0.717, 1.165) is 5.56 Å². The lowest BCUT2D eigenvalue weighted by Gasteiger charge is -2.15. The van der Waals surface area contributed by atoms with Crippen LogP contribution in [-0.4, -0.2) is 13.2 Å². The van der Waals surface area contributed by atoms with Gasteiger partial charge in [-0.3, -0.25) is 0 Å². The Labute approximate surface area is 127 Å².